The van der Waals surface area contributed by atoms with Crippen molar-refractivity contribution in [2.24, 2.45) is 0 Å². The van der Waals surface area contributed by atoms with Crippen molar-refractivity contribution in [3.63, 3.8) is 0 Å². The van der Waals surface area contributed by atoms with Gasteiger partial charge in [-0.1, -0.05) is 6.92 Å². The number of thiophene rings is 1. The second-order valence-electron chi connectivity index (χ2n) is 9.80. The Labute approximate surface area is 226 Å². The number of carbonyl (C=O) groups excluding carboxylic acids is 1. The molecule has 0 bridgehead atoms. The van der Waals surface area contributed by atoms with Crippen LogP contribution in [-0.4, -0.2) is 35.8 Å². The van der Waals surface area contributed by atoms with E-state index in [0.29, 0.717) is 15.8 Å². The zero-order valence-corrected chi connectivity index (χ0v) is 22.9. The van der Waals surface area contributed by atoms with Crippen molar-refractivity contribution >= 4 is 53.3 Å². The van der Waals surface area contributed by atoms with Crippen LogP contribution in [-0.2, 0) is 32.5 Å². The molecule has 2 aromatic carbocycles. The molecule has 9 nitrogen and oxygen atoms in total. The average molecular weight is 573 g/mol. The van der Waals surface area contributed by atoms with Gasteiger partial charge in [-0.3, -0.25) is 5.32 Å². The lowest BCUT2D eigenvalue weighted by Gasteiger charge is -2.19. The molecule has 39 heavy (non-hydrogen) atoms. The van der Waals surface area contributed by atoms with E-state index in [9.17, 15) is 18.5 Å². The molecule has 0 saturated carbocycles. The third-order valence-electron chi connectivity index (χ3n) is 6.12. The minimum Gasteiger partial charge on any atom is -0.444 e. The summed E-state index contributed by atoms with van der Waals surface area (Å²) in [5.41, 5.74) is -0.720. The minimum absolute atomic E-state index is 0.0442. The molecule has 2 aromatic heterocycles. The number of amides is 1. The maximum Gasteiger partial charge on any atom is 0.412 e. The van der Waals surface area contributed by atoms with E-state index >= 15 is 8.78 Å². The quantitative estimate of drug-likeness (QED) is 0.302. The monoisotopic (exact) mass is 572 g/mol. The number of hydrogen-bond acceptors (Lipinski definition) is 9. The van der Waals surface area contributed by atoms with Gasteiger partial charge in [0, 0.05) is 32.8 Å². The molecule has 0 radical (unpaired) electrons. The molecule has 4 aromatic rings. The van der Waals surface area contributed by atoms with Gasteiger partial charge in [-0.2, -0.15) is 5.26 Å². The Morgan fingerprint density at radius 1 is 1.23 bits per heavy atom. The first kappa shape index (κ1) is 26.9. The summed E-state index contributed by atoms with van der Waals surface area (Å²) in [6.07, 6.45) is 0.427. The van der Waals surface area contributed by atoms with Gasteiger partial charge in [-0.15, -0.1) is 11.3 Å². The van der Waals surface area contributed by atoms with Gasteiger partial charge in [0.05, 0.1) is 24.5 Å². The fraction of sp³-hybridized carbons (Fsp3) is 0.308. The Kier molecular flexibility index (Phi) is 6.53. The number of halogens is 2. The number of rotatable bonds is 4. The Morgan fingerprint density at radius 2 is 1.95 bits per heavy atom. The number of aromatic nitrogens is 2. The Balaban J connectivity index is 1.81. The van der Waals surface area contributed by atoms with Crippen LogP contribution in [0.2, 0.25) is 0 Å². The van der Waals surface area contributed by atoms with E-state index in [1.54, 1.807) is 20.8 Å². The fourth-order valence-corrected chi connectivity index (χ4v) is 6.19. The SMILES string of the molecule is CCS(=O)(=O)c1ncc2c3c(c(-c4c(F)ccc5sc(NC(=O)OC(C)(C)C)c(C#N)c45)c(F)c2n1)COC3. The summed E-state index contributed by atoms with van der Waals surface area (Å²) in [4.78, 5) is 20.4. The van der Waals surface area contributed by atoms with E-state index in [4.69, 9.17) is 9.47 Å². The predicted octanol–water partition coefficient (Wildman–Crippen LogP) is 5.83. The summed E-state index contributed by atoms with van der Waals surface area (Å²) in [5, 5.41) is 12.5. The van der Waals surface area contributed by atoms with Crippen molar-refractivity contribution in [3.8, 4) is 17.2 Å². The maximum absolute atomic E-state index is 16.4. The van der Waals surface area contributed by atoms with E-state index in [0.717, 1.165) is 17.4 Å². The van der Waals surface area contributed by atoms with Gasteiger partial charge in [0.25, 0.3) is 0 Å². The first-order valence-electron chi connectivity index (χ1n) is 11.8. The number of anilines is 1. The molecule has 0 spiro atoms. The predicted molar refractivity (Wildman–Crippen MR) is 141 cm³/mol. The number of sulfone groups is 1. The highest BCUT2D eigenvalue weighted by atomic mass is 32.2. The van der Waals surface area contributed by atoms with Gasteiger partial charge >= 0.3 is 6.09 Å². The van der Waals surface area contributed by atoms with Crippen LogP contribution >= 0.6 is 11.3 Å². The Hall–Kier alpha value is -3.73. The molecule has 0 atom stereocenters. The number of fused-ring (bicyclic) bond motifs is 4. The molecule has 1 N–H and O–H groups in total. The van der Waals surface area contributed by atoms with E-state index in [1.807, 2.05) is 6.07 Å². The van der Waals surface area contributed by atoms with E-state index in [2.05, 4.69) is 15.3 Å². The second kappa shape index (κ2) is 9.48. The third kappa shape index (κ3) is 4.58. The summed E-state index contributed by atoms with van der Waals surface area (Å²) in [7, 11) is -3.86. The minimum atomic E-state index is -3.86. The summed E-state index contributed by atoms with van der Waals surface area (Å²) >= 11 is 1.01. The highest BCUT2D eigenvalue weighted by molar-refractivity contribution is 7.91. The van der Waals surface area contributed by atoms with Crippen LogP contribution in [0.25, 0.3) is 32.1 Å². The second-order valence-corrected chi connectivity index (χ2v) is 13.0. The molecule has 202 valence electrons. The molecule has 3 heterocycles. The summed E-state index contributed by atoms with van der Waals surface area (Å²) in [6.45, 7) is 6.48. The molecule has 13 heteroatoms. The Bertz CT molecular complexity index is 1840. The molecule has 0 saturated heterocycles. The normalized spacial score (nSPS) is 13.5. The standard InChI is InChI=1S/C26H22F2N4O5S2/c1-5-39(34,35)24-30-9-13-14-10-36-11-15(14)19(21(28)22(13)31-24)20-16(27)6-7-17-18(20)12(8-29)23(38-17)32-25(33)37-26(2,3)4/h6-7,9H,5,10-11H2,1-4H3,(H,32,33). The van der Waals surface area contributed by atoms with Crippen molar-refractivity contribution < 1.29 is 31.5 Å². The van der Waals surface area contributed by atoms with Crippen molar-refractivity contribution in [2.45, 2.75) is 51.7 Å². The van der Waals surface area contributed by atoms with Gasteiger partial charge in [0.1, 0.15) is 28.0 Å². The van der Waals surface area contributed by atoms with E-state index in [1.165, 1.54) is 19.2 Å². The first-order chi connectivity index (χ1) is 18.4. The Morgan fingerprint density at radius 3 is 2.62 bits per heavy atom. The van der Waals surface area contributed by atoms with Crippen LogP contribution in [0.3, 0.4) is 0 Å². The van der Waals surface area contributed by atoms with Crippen molar-refractivity contribution in [2.75, 3.05) is 11.1 Å². The third-order valence-corrected chi connectivity index (χ3v) is 8.70. The molecular formula is C26H22F2N4O5S2. The van der Waals surface area contributed by atoms with Crippen LogP contribution in [0.1, 0.15) is 44.4 Å². The molecule has 0 unspecified atom stereocenters. The first-order valence-corrected chi connectivity index (χ1v) is 14.3. The molecule has 1 aliphatic heterocycles. The lowest BCUT2D eigenvalue weighted by Crippen LogP contribution is -2.27. The molecule has 1 amide bonds. The van der Waals surface area contributed by atoms with Crippen LogP contribution in [0.5, 0.6) is 0 Å². The van der Waals surface area contributed by atoms with Crippen molar-refractivity contribution in [1.29, 1.82) is 5.26 Å². The number of ether oxygens (including phenoxy) is 2. The van der Waals surface area contributed by atoms with E-state index in [-0.39, 0.29) is 56.9 Å². The summed E-state index contributed by atoms with van der Waals surface area (Å²) < 4.78 is 68.1. The number of hydrogen-bond donors (Lipinski definition) is 1. The van der Waals surface area contributed by atoms with Crippen LogP contribution in [0.4, 0.5) is 18.6 Å². The zero-order chi connectivity index (χ0) is 28.3. The van der Waals surface area contributed by atoms with Crippen LogP contribution in [0, 0.1) is 23.0 Å². The van der Waals surface area contributed by atoms with Crippen molar-refractivity contribution in [1.82, 2.24) is 9.97 Å². The smallest absolute Gasteiger partial charge is 0.412 e. The van der Waals surface area contributed by atoms with Gasteiger partial charge in [-0.25, -0.2) is 32.0 Å². The van der Waals surface area contributed by atoms with Crippen molar-refractivity contribution in [3.05, 3.63) is 46.7 Å². The number of benzene rings is 2. The van der Waals surface area contributed by atoms with Gasteiger partial charge < -0.3 is 9.47 Å². The largest absolute Gasteiger partial charge is 0.444 e. The van der Waals surface area contributed by atoms with Gasteiger partial charge in [0.15, 0.2) is 5.82 Å². The lowest BCUT2D eigenvalue weighted by molar-refractivity contribution is 0.0636. The number of nitrogens with one attached hydrogen (secondary N) is 1. The average Bonchev–Trinajstić information content (AvgIpc) is 3.48. The number of carbonyl (C=O) groups is 1. The summed E-state index contributed by atoms with van der Waals surface area (Å²) in [5.74, 6) is -2.07. The number of nitriles is 1. The van der Waals surface area contributed by atoms with Gasteiger partial charge in [0.2, 0.25) is 15.0 Å². The van der Waals surface area contributed by atoms with Crippen LogP contribution in [0.15, 0.2) is 23.5 Å². The molecular weight excluding hydrogens is 550 g/mol. The van der Waals surface area contributed by atoms with E-state index < -0.39 is 38.3 Å². The molecule has 0 aliphatic carbocycles. The summed E-state index contributed by atoms with van der Waals surface area (Å²) in [6, 6.07) is 4.58. The lowest BCUT2D eigenvalue weighted by atomic mass is 9.90. The highest BCUT2D eigenvalue weighted by Gasteiger charge is 2.31. The fourth-order valence-electron chi connectivity index (χ4n) is 4.44. The molecule has 1 aliphatic rings. The van der Waals surface area contributed by atoms with Crippen LogP contribution < -0.4 is 5.32 Å². The van der Waals surface area contributed by atoms with Gasteiger partial charge in [-0.05, 0) is 44.0 Å². The zero-order valence-electron chi connectivity index (χ0n) is 21.3. The molecule has 5 rings (SSSR count). The molecule has 0 fully saturated rings. The topological polar surface area (TPSA) is 131 Å². The maximum atomic E-state index is 16.4. The number of nitrogens with zero attached hydrogens (tertiary/aromatic N) is 3. The highest BCUT2D eigenvalue weighted by Crippen LogP contribution is 2.47.